The topological polar surface area (TPSA) is 80.3 Å². The first-order chi connectivity index (χ1) is 8.08. The normalized spacial score (nSPS) is 24.6. The van der Waals surface area contributed by atoms with E-state index in [1.807, 2.05) is 0 Å². The number of aryl methyl sites for hydroxylation is 1. The van der Waals surface area contributed by atoms with E-state index in [0.29, 0.717) is 11.4 Å². The Hall–Kier alpha value is -1.49. The lowest BCUT2D eigenvalue weighted by atomic mass is 9.92. The molecule has 5 heteroatoms. The number of nitrogen functional groups attached to an aromatic ring is 1. The fourth-order valence-corrected chi connectivity index (χ4v) is 2.34. The maximum absolute atomic E-state index is 12.0. The van der Waals surface area contributed by atoms with Crippen LogP contribution in [0.2, 0.25) is 0 Å². The molecule has 0 bridgehead atoms. The van der Waals surface area contributed by atoms with Crippen LogP contribution in [0.4, 0.5) is 5.69 Å². The van der Waals surface area contributed by atoms with Gasteiger partial charge in [0.05, 0.1) is 17.8 Å². The number of carbonyl (C=O) groups excluding carboxylic acids is 1. The van der Waals surface area contributed by atoms with Crippen LogP contribution in [0, 0.1) is 0 Å². The highest BCUT2D eigenvalue weighted by Gasteiger charge is 2.25. The third-order valence-electron chi connectivity index (χ3n) is 3.30. The second kappa shape index (κ2) is 4.79. The van der Waals surface area contributed by atoms with Gasteiger partial charge in [-0.15, -0.1) is 0 Å². The molecule has 1 aliphatic rings. The molecule has 0 aromatic carbocycles. The number of hydrogen-bond acceptors (Lipinski definition) is 3. The summed E-state index contributed by atoms with van der Waals surface area (Å²) < 4.78 is 1.69. The van der Waals surface area contributed by atoms with Crippen molar-refractivity contribution in [1.82, 2.24) is 9.88 Å². The molecule has 94 valence electrons. The van der Waals surface area contributed by atoms with Crippen molar-refractivity contribution < 1.29 is 9.90 Å². The first kappa shape index (κ1) is 12.0. The van der Waals surface area contributed by atoms with Crippen molar-refractivity contribution >= 4 is 11.6 Å². The van der Waals surface area contributed by atoms with Gasteiger partial charge < -0.3 is 20.7 Å². The minimum absolute atomic E-state index is 0.132. The quantitative estimate of drug-likeness (QED) is 0.706. The second-order valence-corrected chi connectivity index (χ2v) is 4.70. The predicted octanol–water partition coefficient (Wildman–Crippen LogP) is 0.641. The fourth-order valence-electron chi connectivity index (χ4n) is 2.34. The molecule has 1 amide bonds. The summed E-state index contributed by atoms with van der Waals surface area (Å²) in [7, 11) is 1.78. The van der Waals surface area contributed by atoms with Gasteiger partial charge >= 0.3 is 0 Å². The van der Waals surface area contributed by atoms with Crippen molar-refractivity contribution in [1.29, 1.82) is 0 Å². The maximum Gasteiger partial charge on any atom is 0.268 e. The summed E-state index contributed by atoms with van der Waals surface area (Å²) in [5, 5.41) is 12.7. The molecule has 2 atom stereocenters. The summed E-state index contributed by atoms with van der Waals surface area (Å²) in [5.74, 6) is -0.171. The van der Waals surface area contributed by atoms with Crippen molar-refractivity contribution in [2.24, 2.45) is 7.05 Å². The first-order valence-corrected chi connectivity index (χ1v) is 5.98. The number of amides is 1. The standard InChI is InChI=1S/C12H19N3O2/c1-15-7-8(13)6-10(15)12(17)14-9-4-2-3-5-11(9)16/h6-7,9,11,16H,2-5,13H2,1H3,(H,14,17)/t9-,11-/m1/s1. The number of anilines is 1. The minimum Gasteiger partial charge on any atom is -0.397 e. The van der Waals surface area contributed by atoms with Gasteiger partial charge in [-0.25, -0.2) is 0 Å². The van der Waals surface area contributed by atoms with E-state index in [-0.39, 0.29) is 11.9 Å². The molecule has 2 rings (SSSR count). The molecular formula is C12H19N3O2. The summed E-state index contributed by atoms with van der Waals surface area (Å²) in [6, 6.07) is 1.51. The number of aromatic nitrogens is 1. The molecule has 1 heterocycles. The molecule has 0 aliphatic heterocycles. The zero-order chi connectivity index (χ0) is 12.4. The lowest BCUT2D eigenvalue weighted by Crippen LogP contribution is -2.45. The van der Waals surface area contributed by atoms with Crippen LogP contribution < -0.4 is 11.1 Å². The number of nitrogens with one attached hydrogen (secondary N) is 1. The van der Waals surface area contributed by atoms with E-state index in [9.17, 15) is 9.90 Å². The summed E-state index contributed by atoms with van der Waals surface area (Å²) >= 11 is 0. The van der Waals surface area contributed by atoms with Crippen LogP contribution >= 0.6 is 0 Å². The van der Waals surface area contributed by atoms with Crippen LogP contribution in [0.1, 0.15) is 36.2 Å². The van der Waals surface area contributed by atoms with Gasteiger partial charge in [0.15, 0.2) is 0 Å². The van der Waals surface area contributed by atoms with Gasteiger partial charge in [-0.05, 0) is 18.9 Å². The molecule has 1 fully saturated rings. The maximum atomic E-state index is 12.0. The van der Waals surface area contributed by atoms with Gasteiger partial charge in [-0.2, -0.15) is 0 Å². The third kappa shape index (κ3) is 2.61. The summed E-state index contributed by atoms with van der Waals surface area (Å²) in [5.41, 5.74) is 6.73. The van der Waals surface area contributed by atoms with Crippen molar-refractivity contribution in [3.8, 4) is 0 Å². The van der Waals surface area contributed by atoms with E-state index >= 15 is 0 Å². The predicted molar refractivity (Wildman–Crippen MR) is 65.6 cm³/mol. The van der Waals surface area contributed by atoms with Crippen molar-refractivity contribution in [2.75, 3.05) is 5.73 Å². The Kier molecular flexibility index (Phi) is 3.38. The number of rotatable bonds is 2. The number of aliphatic hydroxyl groups excluding tert-OH is 1. The lowest BCUT2D eigenvalue weighted by molar-refractivity contribution is 0.0711. The second-order valence-electron chi connectivity index (χ2n) is 4.70. The van der Waals surface area contributed by atoms with E-state index in [1.165, 1.54) is 0 Å². The number of aliphatic hydroxyl groups is 1. The number of nitrogens with zero attached hydrogens (tertiary/aromatic N) is 1. The van der Waals surface area contributed by atoms with Crippen LogP contribution in [0.15, 0.2) is 12.3 Å². The molecule has 1 aliphatic carbocycles. The number of hydrogen-bond donors (Lipinski definition) is 3. The number of carbonyl (C=O) groups is 1. The van der Waals surface area contributed by atoms with Crippen LogP contribution in [0.25, 0.3) is 0 Å². The fraction of sp³-hybridized carbons (Fsp3) is 0.583. The Morgan fingerprint density at radius 3 is 2.82 bits per heavy atom. The average molecular weight is 237 g/mol. The Bertz CT molecular complexity index is 414. The molecule has 0 radical (unpaired) electrons. The van der Waals surface area contributed by atoms with E-state index < -0.39 is 6.10 Å². The monoisotopic (exact) mass is 237 g/mol. The lowest BCUT2D eigenvalue weighted by Gasteiger charge is -2.28. The molecule has 1 saturated carbocycles. The first-order valence-electron chi connectivity index (χ1n) is 5.98. The molecule has 17 heavy (non-hydrogen) atoms. The van der Waals surface area contributed by atoms with Crippen LogP contribution in [-0.2, 0) is 7.05 Å². The molecule has 1 aromatic rings. The van der Waals surface area contributed by atoms with Gasteiger partial charge in [-0.3, -0.25) is 4.79 Å². The molecule has 1 aromatic heterocycles. The minimum atomic E-state index is -0.426. The highest BCUT2D eigenvalue weighted by atomic mass is 16.3. The Morgan fingerprint density at radius 1 is 1.53 bits per heavy atom. The largest absolute Gasteiger partial charge is 0.397 e. The Balaban J connectivity index is 2.03. The van der Waals surface area contributed by atoms with E-state index in [0.717, 1.165) is 25.7 Å². The van der Waals surface area contributed by atoms with Gasteiger partial charge in [0.2, 0.25) is 0 Å². The van der Waals surface area contributed by atoms with Crippen molar-refractivity contribution in [3.05, 3.63) is 18.0 Å². The Labute approximate surface area is 101 Å². The smallest absolute Gasteiger partial charge is 0.268 e. The average Bonchev–Trinajstić information content (AvgIpc) is 2.61. The van der Waals surface area contributed by atoms with Crippen molar-refractivity contribution in [3.63, 3.8) is 0 Å². The van der Waals surface area contributed by atoms with E-state index in [1.54, 1.807) is 23.9 Å². The zero-order valence-electron chi connectivity index (χ0n) is 10.0. The van der Waals surface area contributed by atoms with E-state index in [2.05, 4.69) is 5.32 Å². The van der Waals surface area contributed by atoms with Crippen LogP contribution in [-0.4, -0.2) is 27.7 Å². The summed E-state index contributed by atoms with van der Waals surface area (Å²) in [6.45, 7) is 0. The van der Waals surface area contributed by atoms with E-state index in [4.69, 9.17) is 5.73 Å². The summed E-state index contributed by atoms with van der Waals surface area (Å²) in [6.07, 6.45) is 4.96. The van der Waals surface area contributed by atoms with Gasteiger partial charge in [0, 0.05) is 13.2 Å². The molecule has 5 nitrogen and oxygen atoms in total. The number of nitrogens with two attached hydrogens (primary N) is 1. The molecule has 0 spiro atoms. The van der Waals surface area contributed by atoms with Gasteiger partial charge in [0.1, 0.15) is 5.69 Å². The molecule has 0 unspecified atom stereocenters. The third-order valence-corrected chi connectivity index (χ3v) is 3.30. The van der Waals surface area contributed by atoms with Crippen molar-refractivity contribution in [2.45, 2.75) is 37.8 Å². The SMILES string of the molecule is Cn1cc(N)cc1C(=O)N[C@@H]1CCCC[C@H]1O. The Morgan fingerprint density at radius 2 is 2.24 bits per heavy atom. The summed E-state index contributed by atoms with van der Waals surface area (Å²) in [4.78, 5) is 12.0. The molecular weight excluding hydrogens is 218 g/mol. The van der Waals surface area contributed by atoms with Crippen LogP contribution in [0.3, 0.4) is 0 Å². The zero-order valence-corrected chi connectivity index (χ0v) is 10.0. The van der Waals surface area contributed by atoms with Gasteiger partial charge in [-0.1, -0.05) is 12.8 Å². The highest BCUT2D eigenvalue weighted by Crippen LogP contribution is 2.19. The van der Waals surface area contributed by atoms with Crippen LogP contribution in [0.5, 0.6) is 0 Å². The molecule has 4 N–H and O–H groups in total. The van der Waals surface area contributed by atoms with Gasteiger partial charge in [0.25, 0.3) is 5.91 Å². The highest BCUT2D eigenvalue weighted by molar-refractivity contribution is 5.94. The molecule has 0 saturated heterocycles.